The monoisotopic (exact) mass is 448 g/mol. The third kappa shape index (κ3) is 4.26. The zero-order valence-electron chi connectivity index (χ0n) is 19.0. The third-order valence-corrected chi connectivity index (χ3v) is 6.68. The van der Waals surface area contributed by atoms with Crippen LogP contribution < -0.4 is 20.1 Å². The zero-order valence-corrected chi connectivity index (χ0v) is 19.8. The number of aromatic nitrogens is 2. The lowest BCUT2D eigenvalue weighted by Gasteiger charge is -2.16. The van der Waals surface area contributed by atoms with Crippen LogP contribution in [0.1, 0.15) is 29.1 Å². The molecule has 4 aromatic rings. The number of fused-ring (bicyclic) bond motifs is 1. The lowest BCUT2D eigenvalue weighted by atomic mass is 10.0. The first-order chi connectivity index (χ1) is 15.5. The molecule has 32 heavy (non-hydrogen) atoms. The Kier molecular flexibility index (Phi) is 6.58. The predicted octanol–water partition coefficient (Wildman–Crippen LogP) is 5.58. The largest absolute Gasteiger partial charge is 0.493 e. The van der Waals surface area contributed by atoms with Crippen LogP contribution in [0.4, 0.5) is 5.82 Å². The fourth-order valence-electron chi connectivity index (χ4n) is 3.86. The van der Waals surface area contributed by atoms with E-state index in [1.165, 1.54) is 21.6 Å². The Hall–Kier alpha value is -3.16. The van der Waals surface area contributed by atoms with E-state index in [1.54, 1.807) is 25.6 Å². The minimum atomic E-state index is 0.0681. The van der Waals surface area contributed by atoms with Gasteiger partial charge in [0.25, 0.3) is 0 Å². The molecule has 0 aliphatic rings. The summed E-state index contributed by atoms with van der Waals surface area (Å²) in [6.07, 6.45) is 0. The highest BCUT2D eigenvalue weighted by Gasteiger charge is 2.17. The SMILES string of the molecule is CNCc1ccccc1-c1csc(C(C)Nc2nnc(C)c3cc(OC)c(OC)cc23)c1. The van der Waals surface area contributed by atoms with Crippen LogP contribution in [0.15, 0.2) is 47.8 Å². The van der Waals surface area contributed by atoms with Crippen molar-refractivity contribution in [2.75, 3.05) is 26.6 Å². The Morgan fingerprint density at radius 2 is 1.72 bits per heavy atom. The second kappa shape index (κ2) is 9.54. The van der Waals surface area contributed by atoms with Crippen molar-refractivity contribution in [1.29, 1.82) is 0 Å². The Balaban J connectivity index is 1.65. The van der Waals surface area contributed by atoms with Gasteiger partial charge in [-0.1, -0.05) is 24.3 Å². The highest BCUT2D eigenvalue weighted by molar-refractivity contribution is 7.10. The Morgan fingerprint density at radius 3 is 2.44 bits per heavy atom. The van der Waals surface area contributed by atoms with Crippen molar-refractivity contribution in [3.63, 3.8) is 0 Å². The Labute approximate surface area is 192 Å². The molecule has 0 amide bonds. The fraction of sp³-hybridized carbons (Fsp3) is 0.280. The van der Waals surface area contributed by atoms with Crippen LogP contribution in [-0.2, 0) is 6.54 Å². The van der Waals surface area contributed by atoms with Gasteiger partial charge in [0.2, 0.25) is 0 Å². The summed E-state index contributed by atoms with van der Waals surface area (Å²) in [5, 5.41) is 19.8. The molecule has 0 aliphatic heterocycles. The second-order valence-electron chi connectivity index (χ2n) is 7.68. The van der Waals surface area contributed by atoms with E-state index in [4.69, 9.17) is 9.47 Å². The van der Waals surface area contributed by atoms with E-state index in [1.807, 2.05) is 26.1 Å². The summed E-state index contributed by atoms with van der Waals surface area (Å²) >= 11 is 1.75. The fourth-order valence-corrected chi connectivity index (χ4v) is 4.77. The number of hydrogen-bond acceptors (Lipinski definition) is 7. The molecule has 2 aromatic heterocycles. The molecule has 7 heteroatoms. The van der Waals surface area contributed by atoms with E-state index < -0.39 is 0 Å². The summed E-state index contributed by atoms with van der Waals surface area (Å²) in [6, 6.07) is 14.7. The molecular weight excluding hydrogens is 420 g/mol. The van der Waals surface area contributed by atoms with Crippen molar-refractivity contribution in [1.82, 2.24) is 15.5 Å². The summed E-state index contributed by atoms with van der Waals surface area (Å²) in [5.74, 6) is 2.07. The Bertz CT molecular complexity index is 1240. The molecule has 0 aliphatic carbocycles. The maximum atomic E-state index is 5.51. The van der Waals surface area contributed by atoms with Gasteiger partial charge in [-0.25, -0.2) is 0 Å². The molecule has 0 saturated carbocycles. The smallest absolute Gasteiger partial charge is 0.161 e. The lowest BCUT2D eigenvalue weighted by molar-refractivity contribution is 0.356. The number of methoxy groups -OCH3 is 2. The van der Waals surface area contributed by atoms with Crippen molar-refractivity contribution in [3.8, 4) is 22.6 Å². The first-order valence-electron chi connectivity index (χ1n) is 10.5. The summed E-state index contributed by atoms with van der Waals surface area (Å²) in [4.78, 5) is 1.23. The number of thiophene rings is 1. The van der Waals surface area contributed by atoms with Gasteiger partial charge < -0.3 is 20.1 Å². The van der Waals surface area contributed by atoms with Gasteiger partial charge in [-0.05, 0) is 61.2 Å². The molecule has 2 N–H and O–H groups in total. The predicted molar refractivity (Wildman–Crippen MR) is 132 cm³/mol. The summed E-state index contributed by atoms with van der Waals surface area (Å²) in [5.41, 5.74) is 4.62. The molecule has 2 aromatic carbocycles. The first kappa shape index (κ1) is 22.0. The van der Waals surface area contributed by atoms with Gasteiger partial charge in [-0.2, -0.15) is 5.10 Å². The molecule has 0 spiro atoms. The second-order valence-corrected chi connectivity index (χ2v) is 8.62. The number of ether oxygens (including phenoxy) is 2. The summed E-state index contributed by atoms with van der Waals surface area (Å²) in [7, 11) is 5.25. The molecule has 0 bridgehead atoms. The summed E-state index contributed by atoms with van der Waals surface area (Å²) < 4.78 is 11.0. The van der Waals surface area contributed by atoms with Crippen LogP contribution in [0.3, 0.4) is 0 Å². The Morgan fingerprint density at radius 1 is 1.00 bits per heavy atom. The van der Waals surface area contributed by atoms with Crippen molar-refractivity contribution in [3.05, 3.63) is 64.0 Å². The number of rotatable bonds is 8. The molecular formula is C25H28N4O2S. The van der Waals surface area contributed by atoms with Crippen molar-refractivity contribution in [2.45, 2.75) is 26.4 Å². The van der Waals surface area contributed by atoms with Gasteiger partial charge in [0.05, 0.1) is 26.0 Å². The van der Waals surface area contributed by atoms with Crippen LogP contribution in [0.2, 0.25) is 0 Å². The topological polar surface area (TPSA) is 68.3 Å². The molecule has 0 fully saturated rings. The van der Waals surface area contributed by atoms with Crippen LogP contribution in [0.5, 0.6) is 11.5 Å². The molecule has 1 atom stereocenters. The van der Waals surface area contributed by atoms with E-state index in [0.717, 1.165) is 28.8 Å². The van der Waals surface area contributed by atoms with Crippen molar-refractivity contribution in [2.24, 2.45) is 0 Å². The number of nitrogens with one attached hydrogen (secondary N) is 2. The minimum absolute atomic E-state index is 0.0681. The van der Waals surface area contributed by atoms with Gasteiger partial charge in [-0.3, -0.25) is 0 Å². The third-order valence-electron chi connectivity index (χ3n) is 5.56. The van der Waals surface area contributed by atoms with E-state index in [2.05, 4.69) is 63.5 Å². The van der Waals surface area contributed by atoms with E-state index in [-0.39, 0.29) is 6.04 Å². The first-order valence-corrected chi connectivity index (χ1v) is 11.4. The van der Waals surface area contributed by atoms with Crippen LogP contribution in [0.25, 0.3) is 21.9 Å². The number of hydrogen-bond donors (Lipinski definition) is 2. The van der Waals surface area contributed by atoms with Gasteiger partial charge in [0.1, 0.15) is 0 Å². The van der Waals surface area contributed by atoms with E-state index in [0.29, 0.717) is 11.5 Å². The number of nitrogens with zero attached hydrogens (tertiary/aromatic N) is 2. The number of aryl methyl sites for hydroxylation is 1. The van der Waals surface area contributed by atoms with Crippen LogP contribution in [-0.4, -0.2) is 31.5 Å². The van der Waals surface area contributed by atoms with E-state index >= 15 is 0 Å². The molecule has 0 radical (unpaired) electrons. The average molecular weight is 449 g/mol. The van der Waals surface area contributed by atoms with Crippen molar-refractivity contribution >= 4 is 27.9 Å². The highest BCUT2D eigenvalue weighted by atomic mass is 32.1. The quantitative estimate of drug-likeness (QED) is 0.367. The van der Waals surface area contributed by atoms with Crippen molar-refractivity contribution < 1.29 is 9.47 Å². The lowest BCUT2D eigenvalue weighted by Crippen LogP contribution is -2.08. The molecule has 2 heterocycles. The summed E-state index contributed by atoms with van der Waals surface area (Å²) in [6.45, 7) is 4.93. The number of benzene rings is 2. The van der Waals surface area contributed by atoms with Gasteiger partial charge >= 0.3 is 0 Å². The standard InChI is InChI=1S/C25H28N4O2S/c1-15-20-11-22(30-4)23(31-5)12-21(20)25(29-28-15)27-16(2)24-10-18(14-32-24)19-9-7-6-8-17(19)13-26-3/h6-12,14,16,26H,13H2,1-5H3,(H,27,29). The zero-order chi connectivity index (χ0) is 22.7. The average Bonchev–Trinajstić information content (AvgIpc) is 3.31. The van der Waals surface area contributed by atoms with Gasteiger partial charge in [0, 0.05) is 22.2 Å². The normalized spacial score (nSPS) is 12.0. The molecule has 0 saturated heterocycles. The molecule has 6 nitrogen and oxygen atoms in total. The van der Waals surface area contributed by atoms with Crippen LogP contribution >= 0.6 is 11.3 Å². The maximum absolute atomic E-state index is 5.51. The van der Waals surface area contributed by atoms with E-state index in [9.17, 15) is 0 Å². The number of anilines is 1. The van der Waals surface area contributed by atoms with Gasteiger partial charge in [0.15, 0.2) is 17.3 Å². The molecule has 4 rings (SSSR count). The molecule has 166 valence electrons. The van der Waals surface area contributed by atoms with Gasteiger partial charge in [-0.15, -0.1) is 16.4 Å². The van der Waals surface area contributed by atoms with Crippen LogP contribution in [0, 0.1) is 6.92 Å². The highest BCUT2D eigenvalue weighted by Crippen LogP contribution is 2.37. The maximum Gasteiger partial charge on any atom is 0.161 e. The minimum Gasteiger partial charge on any atom is -0.493 e. The molecule has 1 unspecified atom stereocenters.